The van der Waals surface area contributed by atoms with Gasteiger partial charge in [-0.05, 0) is 43.8 Å². The number of carbonyl (C=O) groups is 2. The van der Waals surface area contributed by atoms with Gasteiger partial charge in [0.1, 0.15) is 5.78 Å². The van der Waals surface area contributed by atoms with Gasteiger partial charge in [0, 0.05) is 12.8 Å². The predicted octanol–water partition coefficient (Wildman–Crippen LogP) is 2.42. The Morgan fingerprint density at radius 3 is 2.47 bits per heavy atom. The zero-order valence-electron chi connectivity index (χ0n) is 11.2. The molecule has 0 radical (unpaired) electrons. The number of rotatable bonds is 2. The van der Waals surface area contributed by atoms with E-state index in [0.717, 1.165) is 12.8 Å². The standard InChI is InChI=1S/C14H22O3/c1-10(8-11(2)15)14(17)9-12(16)6-5-7-13(14,3)4/h8,17H,5-7,9H2,1-4H3. The first kappa shape index (κ1) is 14.1. The molecular formula is C14H22O3. The molecule has 0 aromatic carbocycles. The molecule has 1 atom stereocenters. The molecule has 0 amide bonds. The third kappa shape index (κ3) is 2.83. The number of hydrogen-bond donors (Lipinski definition) is 1. The van der Waals surface area contributed by atoms with Crippen molar-refractivity contribution in [2.45, 2.75) is 59.0 Å². The summed E-state index contributed by atoms with van der Waals surface area (Å²) in [5.41, 5.74) is -0.966. The van der Waals surface area contributed by atoms with Crippen LogP contribution in [0.1, 0.15) is 53.4 Å². The highest BCUT2D eigenvalue weighted by molar-refractivity contribution is 5.88. The van der Waals surface area contributed by atoms with Crippen LogP contribution in [0, 0.1) is 5.41 Å². The summed E-state index contributed by atoms with van der Waals surface area (Å²) in [5.74, 6) is -0.0159. The van der Waals surface area contributed by atoms with Crippen molar-refractivity contribution in [3.63, 3.8) is 0 Å². The fourth-order valence-electron chi connectivity index (χ4n) is 2.64. The number of allylic oxidation sites excluding steroid dienone is 1. The van der Waals surface area contributed by atoms with Gasteiger partial charge in [-0.1, -0.05) is 13.8 Å². The fraction of sp³-hybridized carbons (Fsp3) is 0.714. The summed E-state index contributed by atoms with van der Waals surface area (Å²) in [6, 6.07) is 0. The second kappa shape index (κ2) is 4.73. The van der Waals surface area contributed by atoms with Gasteiger partial charge >= 0.3 is 0 Å². The summed E-state index contributed by atoms with van der Waals surface area (Å²) in [6.45, 7) is 7.12. The average Bonchev–Trinajstić information content (AvgIpc) is 2.24. The molecule has 1 aliphatic carbocycles. The molecule has 0 aliphatic heterocycles. The summed E-state index contributed by atoms with van der Waals surface area (Å²) in [6.07, 6.45) is 3.69. The maximum absolute atomic E-state index is 11.7. The molecule has 1 saturated carbocycles. The molecule has 0 saturated heterocycles. The van der Waals surface area contributed by atoms with Gasteiger partial charge < -0.3 is 5.11 Å². The van der Waals surface area contributed by atoms with Crippen molar-refractivity contribution < 1.29 is 14.7 Å². The second-order valence-corrected chi connectivity index (χ2v) is 5.75. The Bertz CT molecular complexity index is 366. The van der Waals surface area contributed by atoms with Crippen LogP contribution in [0.4, 0.5) is 0 Å². The van der Waals surface area contributed by atoms with E-state index in [1.54, 1.807) is 6.92 Å². The number of aliphatic hydroxyl groups is 1. The normalized spacial score (nSPS) is 29.9. The van der Waals surface area contributed by atoms with E-state index in [2.05, 4.69) is 0 Å². The average molecular weight is 238 g/mol. The van der Waals surface area contributed by atoms with Gasteiger partial charge in [-0.3, -0.25) is 9.59 Å². The van der Waals surface area contributed by atoms with Crippen LogP contribution in [-0.4, -0.2) is 22.3 Å². The van der Waals surface area contributed by atoms with Gasteiger partial charge in [0.2, 0.25) is 0 Å². The third-order valence-corrected chi connectivity index (χ3v) is 3.90. The molecule has 0 bridgehead atoms. The van der Waals surface area contributed by atoms with Crippen LogP contribution >= 0.6 is 0 Å². The Morgan fingerprint density at radius 1 is 1.35 bits per heavy atom. The van der Waals surface area contributed by atoms with Crippen LogP contribution in [-0.2, 0) is 9.59 Å². The van der Waals surface area contributed by atoms with Gasteiger partial charge in [-0.25, -0.2) is 0 Å². The van der Waals surface area contributed by atoms with Crippen molar-refractivity contribution in [3.05, 3.63) is 11.6 Å². The van der Waals surface area contributed by atoms with Gasteiger partial charge in [-0.15, -0.1) is 0 Å². The van der Waals surface area contributed by atoms with E-state index < -0.39 is 5.60 Å². The van der Waals surface area contributed by atoms with Crippen LogP contribution in [0.2, 0.25) is 0 Å². The van der Waals surface area contributed by atoms with E-state index in [9.17, 15) is 14.7 Å². The lowest BCUT2D eigenvalue weighted by Gasteiger charge is -2.42. The summed E-state index contributed by atoms with van der Waals surface area (Å²) >= 11 is 0. The monoisotopic (exact) mass is 238 g/mol. The molecule has 3 heteroatoms. The highest BCUT2D eigenvalue weighted by Crippen LogP contribution is 2.45. The highest BCUT2D eigenvalue weighted by atomic mass is 16.3. The van der Waals surface area contributed by atoms with Crippen LogP contribution in [0.15, 0.2) is 11.6 Å². The first-order valence-electron chi connectivity index (χ1n) is 6.12. The summed E-state index contributed by atoms with van der Waals surface area (Å²) in [4.78, 5) is 22.8. The van der Waals surface area contributed by atoms with E-state index in [1.807, 2.05) is 13.8 Å². The van der Waals surface area contributed by atoms with E-state index in [4.69, 9.17) is 0 Å². The topological polar surface area (TPSA) is 54.4 Å². The number of ketones is 2. The molecular weight excluding hydrogens is 216 g/mol. The Balaban J connectivity index is 3.18. The molecule has 96 valence electrons. The Labute approximate surface area is 103 Å². The van der Waals surface area contributed by atoms with Crippen LogP contribution in [0.5, 0.6) is 0 Å². The first-order valence-corrected chi connectivity index (χ1v) is 6.12. The third-order valence-electron chi connectivity index (χ3n) is 3.90. The van der Waals surface area contributed by atoms with Crippen molar-refractivity contribution >= 4 is 11.6 Å². The Kier molecular flexibility index (Phi) is 3.92. The van der Waals surface area contributed by atoms with Crippen LogP contribution < -0.4 is 0 Å². The van der Waals surface area contributed by atoms with E-state index in [0.29, 0.717) is 12.0 Å². The number of carbonyl (C=O) groups excluding carboxylic acids is 2. The van der Waals surface area contributed by atoms with Crippen molar-refractivity contribution in [3.8, 4) is 0 Å². The van der Waals surface area contributed by atoms with E-state index in [1.165, 1.54) is 13.0 Å². The number of Topliss-reactive ketones (excluding diaryl/α,β-unsaturated/α-hetero) is 1. The molecule has 1 N–H and O–H groups in total. The Hall–Kier alpha value is -0.960. The minimum atomic E-state index is -1.19. The largest absolute Gasteiger partial charge is 0.384 e. The van der Waals surface area contributed by atoms with Crippen molar-refractivity contribution in [2.24, 2.45) is 5.41 Å². The van der Waals surface area contributed by atoms with Crippen molar-refractivity contribution in [1.29, 1.82) is 0 Å². The molecule has 1 fully saturated rings. The first-order chi connectivity index (χ1) is 7.69. The quantitative estimate of drug-likeness (QED) is 0.593. The lowest BCUT2D eigenvalue weighted by atomic mass is 9.67. The SMILES string of the molecule is CC(=O)C=C(C)C1(O)CC(=O)CCCC1(C)C. The fourth-order valence-corrected chi connectivity index (χ4v) is 2.64. The zero-order valence-corrected chi connectivity index (χ0v) is 11.2. The second-order valence-electron chi connectivity index (χ2n) is 5.75. The maximum atomic E-state index is 11.7. The molecule has 0 spiro atoms. The minimum absolute atomic E-state index is 0.0781. The maximum Gasteiger partial charge on any atom is 0.152 e. The molecule has 1 unspecified atom stereocenters. The molecule has 3 nitrogen and oxygen atoms in total. The summed E-state index contributed by atoms with van der Waals surface area (Å²) in [5, 5.41) is 10.8. The molecule has 17 heavy (non-hydrogen) atoms. The summed E-state index contributed by atoms with van der Waals surface area (Å²) in [7, 11) is 0. The minimum Gasteiger partial charge on any atom is -0.384 e. The van der Waals surface area contributed by atoms with Crippen molar-refractivity contribution in [2.75, 3.05) is 0 Å². The lowest BCUT2D eigenvalue weighted by molar-refractivity contribution is -0.125. The Morgan fingerprint density at radius 2 is 1.94 bits per heavy atom. The number of hydrogen-bond acceptors (Lipinski definition) is 3. The van der Waals surface area contributed by atoms with Crippen molar-refractivity contribution in [1.82, 2.24) is 0 Å². The lowest BCUT2D eigenvalue weighted by Crippen LogP contribution is -2.46. The predicted molar refractivity (Wildman–Crippen MR) is 66.6 cm³/mol. The molecule has 1 rings (SSSR count). The smallest absolute Gasteiger partial charge is 0.152 e. The van der Waals surface area contributed by atoms with E-state index >= 15 is 0 Å². The van der Waals surface area contributed by atoms with Gasteiger partial charge in [0.15, 0.2) is 5.78 Å². The van der Waals surface area contributed by atoms with Crippen LogP contribution in [0.3, 0.4) is 0 Å². The molecule has 1 aliphatic rings. The summed E-state index contributed by atoms with van der Waals surface area (Å²) < 4.78 is 0. The molecule has 0 heterocycles. The van der Waals surface area contributed by atoms with Gasteiger partial charge in [0.05, 0.1) is 5.60 Å². The zero-order chi connectivity index (χ0) is 13.3. The molecule has 0 aromatic rings. The molecule has 0 aromatic heterocycles. The van der Waals surface area contributed by atoms with E-state index in [-0.39, 0.29) is 23.4 Å². The highest BCUT2D eigenvalue weighted by Gasteiger charge is 2.47. The van der Waals surface area contributed by atoms with Gasteiger partial charge in [-0.2, -0.15) is 0 Å². The van der Waals surface area contributed by atoms with Gasteiger partial charge in [0.25, 0.3) is 0 Å². The van der Waals surface area contributed by atoms with Crippen LogP contribution in [0.25, 0.3) is 0 Å².